The van der Waals surface area contributed by atoms with Crippen molar-refractivity contribution in [3.8, 4) is 0 Å². The lowest BCUT2D eigenvalue weighted by Crippen LogP contribution is -2.49. The van der Waals surface area contributed by atoms with E-state index < -0.39 is 16.8 Å². The minimum Gasteiger partial charge on any atom is -0.467 e. The Morgan fingerprint density at radius 1 is 1.29 bits per heavy atom. The smallest absolute Gasteiger partial charge is 0.321 e. The summed E-state index contributed by atoms with van der Waals surface area (Å²) < 4.78 is 7.52. The van der Waals surface area contributed by atoms with E-state index in [4.69, 9.17) is 4.42 Å². The molecule has 1 aliphatic heterocycles. The zero-order valence-corrected chi connectivity index (χ0v) is 19.7. The third-order valence-corrected chi connectivity index (χ3v) is 6.11. The number of carbonyl (C=O) groups is 2. The Balaban J connectivity index is 1.73. The molecule has 1 atom stereocenters. The van der Waals surface area contributed by atoms with E-state index in [1.165, 1.54) is 11.8 Å². The average molecular weight is 449 g/mol. The average Bonchev–Trinajstić information content (AvgIpc) is 3.32. The number of nitrogens with one attached hydrogen (secondary N) is 2. The second-order valence-electron chi connectivity index (χ2n) is 9.07. The van der Waals surface area contributed by atoms with Crippen LogP contribution in [0.25, 0.3) is 0 Å². The number of aromatic nitrogens is 3. The van der Waals surface area contributed by atoms with Crippen LogP contribution in [0.2, 0.25) is 0 Å². The molecule has 3 rings (SSSR count). The molecule has 0 saturated carbocycles. The lowest BCUT2D eigenvalue weighted by molar-refractivity contribution is -0.119. The van der Waals surface area contributed by atoms with E-state index in [-0.39, 0.29) is 5.91 Å². The Morgan fingerprint density at radius 3 is 2.61 bits per heavy atom. The Labute approximate surface area is 187 Å². The van der Waals surface area contributed by atoms with Gasteiger partial charge in [0.25, 0.3) is 0 Å². The van der Waals surface area contributed by atoms with Gasteiger partial charge < -0.3 is 14.6 Å². The fourth-order valence-electron chi connectivity index (χ4n) is 3.30. The number of urea groups is 1. The molecule has 0 aliphatic carbocycles. The molecule has 31 heavy (non-hydrogen) atoms. The number of thioether (sulfide) groups is 1. The summed E-state index contributed by atoms with van der Waals surface area (Å²) in [7, 11) is 0. The summed E-state index contributed by atoms with van der Waals surface area (Å²) in [6.07, 6.45) is 3.86. The first-order valence-electron chi connectivity index (χ1n) is 10.6. The topological polar surface area (TPSA) is 105 Å². The Morgan fingerprint density at radius 2 is 2.00 bits per heavy atom. The van der Waals surface area contributed by atoms with Crippen LogP contribution in [-0.4, -0.2) is 50.6 Å². The fraction of sp³-hybridized carbons (Fsp3) is 0.619. The summed E-state index contributed by atoms with van der Waals surface area (Å²) in [5, 5.41) is 14.0. The van der Waals surface area contributed by atoms with Crippen molar-refractivity contribution in [1.82, 2.24) is 25.4 Å². The largest absolute Gasteiger partial charge is 0.467 e. The SMILES string of the molecule is CC1CCN(c2nnc(S[C@H](C)C(=O)NC(=O)NC(C)(C)C)n2Cc2ccco2)CC1. The van der Waals surface area contributed by atoms with Crippen LogP contribution in [-0.2, 0) is 11.3 Å². The van der Waals surface area contributed by atoms with E-state index in [0.29, 0.717) is 17.6 Å². The minimum absolute atomic E-state index is 0.382. The van der Waals surface area contributed by atoms with Crippen LogP contribution in [0.4, 0.5) is 10.7 Å². The van der Waals surface area contributed by atoms with E-state index in [2.05, 4.69) is 32.7 Å². The predicted molar refractivity (Wildman–Crippen MR) is 120 cm³/mol. The number of piperidine rings is 1. The number of amides is 3. The van der Waals surface area contributed by atoms with Gasteiger partial charge in [-0.2, -0.15) is 0 Å². The van der Waals surface area contributed by atoms with Gasteiger partial charge in [0.05, 0.1) is 18.1 Å². The summed E-state index contributed by atoms with van der Waals surface area (Å²) in [4.78, 5) is 26.8. The number of imide groups is 1. The van der Waals surface area contributed by atoms with Crippen LogP contribution in [0, 0.1) is 5.92 Å². The van der Waals surface area contributed by atoms with Crippen molar-refractivity contribution in [1.29, 1.82) is 0 Å². The molecule has 1 fully saturated rings. The van der Waals surface area contributed by atoms with Gasteiger partial charge in [-0.05, 0) is 58.6 Å². The number of hydrogen-bond acceptors (Lipinski definition) is 7. The standard InChI is InChI=1S/C21H32N6O3S/c1-14-8-10-26(11-9-14)19-24-25-20(27(19)13-16-7-6-12-30-16)31-15(2)17(28)22-18(29)23-21(3,4)5/h6-7,12,14-15H,8-11,13H2,1-5H3,(H2,22,23,28,29)/t15-/m1/s1. The van der Waals surface area contributed by atoms with Crippen molar-refractivity contribution in [2.45, 2.75) is 70.0 Å². The molecule has 170 valence electrons. The maximum absolute atomic E-state index is 12.5. The van der Waals surface area contributed by atoms with Gasteiger partial charge >= 0.3 is 6.03 Å². The van der Waals surface area contributed by atoms with Crippen LogP contribution in [0.5, 0.6) is 0 Å². The van der Waals surface area contributed by atoms with Crippen molar-refractivity contribution in [3.63, 3.8) is 0 Å². The molecule has 10 heteroatoms. The molecule has 0 unspecified atom stereocenters. The first-order chi connectivity index (χ1) is 14.6. The second-order valence-corrected chi connectivity index (χ2v) is 10.4. The van der Waals surface area contributed by atoms with Crippen LogP contribution in [0.1, 0.15) is 53.2 Å². The number of rotatable bonds is 6. The highest BCUT2D eigenvalue weighted by Crippen LogP contribution is 2.29. The third-order valence-electron chi connectivity index (χ3n) is 5.03. The van der Waals surface area contributed by atoms with Crippen molar-refractivity contribution in [3.05, 3.63) is 24.2 Å². The van der Waals surface area contributed by atoms with Crippen molar-refractivity contribution in [2.24, 2.45) is 5.92 Å². The maximum atomic E-state index is 12.5. The number of carbonyl (C=O) groups excluding carboxylic acids is 2. The van der Waals surface area contributed by atoms with Gasteiger partial charge in [-0.25, -0.2) is 4.79 Å². The Bertz CT molecular complexity index is 882. The third kappa shape index (κ3) is 6.49. The quantitative estimate of drug-likeness (QED) is 0.654. The van der Waals surface area contributed by atoms with Gasteiger partial charge in [0.1, 0.15) is 5.76 Å². The molecule has 2 N–H and O–H groups in total. The number of anilines is 1. The lowest BCUT2D eigenvalue weighted by Gasteiger charge is -2.31. The van der Waals surface area contributed by atoms with Crippen molar-refractivity contribution in [2.75, 3.05) is 18.0 Å². The zero-order chi connectivity index (χ0) is 22.6. The molecule has 0 bridgehead atoms. The molecule has 9 nitrogen and oxygen atoms in total. The first kappa shape index (κ1) is 23.2. The maximum Gasteiger partial charge on any atom is 0.321 e. The molecular formula is C21H32N6O3S. The van der Waals surface area contributed by atoms with E-state index in [1.54, 1.807) is 13.2 Å². The van der Waals surface area contributed by atoms with Gasteiger partial charge in [0.15, 0.2) is 5.16 Å². The van der Waals surface area contributed by atoms with Crippen LogP contribution in [0.15, 0.2) is 28.0 Å². The molecule has 3 amide bonds. The summed E-state index contributed by atoms with van der Waals surface area (Å²) in [6.45, 7) is 11.9. The van der Waals surface area contributed by atoms with Gasteiger partial charge in [-0.3, -0.25) is 14.7 Å². The van der Waals surface area contributed by atoms with E-state index in [1.807, 2.05) is 37.5 Å². The van der Waals surface area contributed by atoms with Gasteiger partial charge in [-0.15, -0.1) is 10.2 Å². The second kappa shape index (κ2) is 9.76. The van der Waals surface area contributed by atoms with Gasteiger partial charge in [-0.1, -0.05) is 18.7 Å². The molecule has 0 spiro atoms. The minimum atomic E-state index is -0.528. The fourth-order valence-corrected chi connectivity index (χ4v) is 4.15. The molecule has 3 heterocycles. The molecule has 2 aromatic heterocycles. The predicted octanol–water partition coefficient (Wildman–Crippen LogP) is 3.26. The Kier molecular flexibility index (Phi) is 7.30. The van der Waals surface area contributed by atoms with Crippen molar-refractivity contribution < 1.29 is 14.0 Å². The molecule has 0 radical (unpaired) electrons. The molecule has 0 aromatic carbocycles. The monoisotopic (exact) mass is 448 g/mol. The summed E-state index contributed by atoms with van der Waals surface area (Å²) in [5.41, 5.74) is -0.426. The highest BCUT2D eigenvalue weighted by atomic mass is 32.2. The van der Waals surface area contributed by atoms with E-state index >= 15 is 0 Å². The lowest BCUT2D eigenvalue weighted by atomic mass is 10.00. The number of furan rings is 1. The van der Waals surface area contributed by atoms with Crippen LogP contribution < -0.4 is 15.5 Å². The summed E-state index contributed by atoms with van der Waals surface area (Å²) in [5.74, 6) is 1.89. The number of hydrogen-bond donors (Lipinski definition) is 2. The van der Waals surface area contributed by atoms with Gasteiger partial charge in [0.2, 0.25) is 11.9 Å². The Hall–Kier alpha value is -2.49. The molecule has 1 aliphatic rings. The van der Waals surface area contributed by atoms with Crippen LogP contribution >= 0.6 is 11.8 Å². The highest BCUT2D eigenvalue weighted by molar-refractivity contribution is 8.00. The van der Waals surface area contributed by atoms with Crippen LogP contribution in [0.3, 0.4) is 0 Å². The summed E-state index contributed by atoms with van der Waals surface area (Å²) >= 11 is 1.27. The zero-order valence-electron chi connectivity index (χ0n) is 18.8. The summed E-state index contributed by atoms with van der Waals surface area (Å²) in [6, 6.07) is 3.24. The van der Waals surface area contributed by atoms with Gasteiger partial charge in [0, 0.05) is 18.6 Å². The normalized spacial score (nSPS) is 16.2. The first-order valence-corrected chi connectivity index (χ1v) is 11.5. The molecular weight excluding hydrogens is 416 g/mol. The number of nitrogens with zero attached hydrogens (tertiary/aromatic N) is 4. The molecule has 1 saturated heterocycles. The van der Waals surface area contributed by atoms with Crippen molar-refractivity contribution >= 4 is 29.6 Å². The van der Waals surface area contributed by atoms with E-state index in [9.17, 15) is 9.59 Å². The van der Waals surface area contributed by atoms with E-state index in [0.717, 1.165) is 37.6 Å². The highest BCUT2D eigenvalue weighted by Gasteiger charge is 2.26. The molecule has 2 aromatic rings.